The van der Waals surface area contributed by atoms with Gasteiger partial charge in [-0.2, -0.15) is 0 Å². The minimum absolute atomic E-state index is 0.0121. The number of rotatable bonds is 15. The lowest BCUT2D eigenvalue weighted by atomic mass is 9.96. The standard InChI is InChI=1S/C33H44N2O5/c1-5-9-17-34(18-10-6-2)23-13-15-25(27(36)21-23)29-31(38)30(33(40)32(29)39)26-16-14-24(22-28(26)37)35(19-11-7-3)20-12-8-4/h13-16,21-22,36,38H,5-12,17-20H2,1-4H3/b30-26+. The molecule has 7 heteroatoms. The quantitative estimate of drug-likeness (QED) is 0.192. The van der Waals surface area contributed by atoms with E-state index in [1.54, 1.807) is 24.3 Å². The third-order valence-electron chi connectivity index (χ3n) is 7.48. The number of hydrogen-bond donors (Lipinski definition) is 2. The summed E-state index contributed by atoms with van der Waals surface area (Å²) in [5.74, 6) is -3.06. The molecule has 0 bridgehead atoms. The molecular formula is C33H44N2O5. The number of carbonyl (C=O) groups is 3. The number of aromatic hydroxyl groups is 1. The molecule has 2 aliphatic carbocycles. The Labute approximate surface area is 238 Å². The van der Waals surface area contributed by atoms with E-state index in [4.69, 9.17) is 0 Å². The second kappa shape index (κ2) is 14.7. The van der Waals surface area contributed by atoms with Gasteiger partial charge < -0.3 is 20.0 Å². The first-order valence-corrected chi connectivity index (χ1v) is 14.8. The van der Waals surface area contributed by atoms with Gasteiger partial charge in [0.1, 0.15) is 11.5 Å². The SMILES string of the molecule is CCCCN(CCCC)C1=CC(=O)/C(=C2/C(=O)C(=O)C(c3ccc(N(CCCC)CCCC)cc3O)=C2O)C=C1. The molecule has 1 aromatic rings. The van der Waals surface area contributed by atoms with E-state index in [1.807, 2.05) is 0 Å². The maximum absolute atomic E-state index is 13.2. The Morgan fingerprint density at radius 3 is 1.70 bits per heavy atom. The molecule has 0 heterocycles. The fourth-order valence-corrected chi connectivity index (χ4v) is 5.05. The topological polar surface area (TPSA) is 98.2 Å². The Morgan fingerprint density at radius 2 is 1.20 bits per heavy atom. The van der Waals surface area contributed by atoms with E-state index in [2.05, 4.69) is 37.5 Å². The average molecular weight is 549 g/mol. The first kappa shape index (κ1) is 30.9. The molecule has 0 atom stereocenters. The van der Waals surface area contributed by atoms with Crippen LogP contribution in [0.15, 0.2) is 59.0 Å². The predicted molar refractivity (Wildman–Crippen MR) is 160 cm³/mol. The Morgan fingerprint density at radius 1 is 0.675 bits per heavy atom. The van der Waals surface area contributed by atoms with Crippen molar-refractivity contribution >= 4 is 28.6 Å². The molecule has 216 valence electrons. The normalized spacial score (nSPS) is 17.2. The van der Waals surface area contributed by atoms with Crippen molar-refractivity contribution in [3.63, 3.8) is 0 Å². The Kier molecular flexibility index (Phi) is 11.4. The largest absolute Gasteiger partial charge is 0.507 e. The number of Topliss-reactive ketones (excluding diaryl/α,β-unsaturated/α-hetero) is 2. The van der Waals surface area contributed by atoms with E-state index in [1.165, 1.54) is 12.2 Å². The number of carbonyl (C=O) groups excluding carboxylic acids is 3. The molecule has 0 saturated heterocycles. The highest BCUT2D eigenvalue weighted by Gasteiger charge is 2.41. The molecular weight excluding hydrogens is 504 g/mol. The van der Waals surface area contributed by atoms with Crippen LogP contribution in [0, 0.1) is 0 Å². The number of aliphatic hydroxyl groups is 1. The van der Waals surface area contributed by atoms with Crippen LogP contribution in [0.4, 0.5) is 5.69 Å². The minimum Gasteiger partial charge on any atom is -0.507 e. The van der Waals surface area contributed by atoms with Crippen LogP contribution in [0.3, 0.4) is 0 Å². The van der Waals surface area contributed by atoms with Gasteiger partial charge in [0.2, 0.25) is 11.6 Å². The molecule has 3 rings (SSSR count). The van der Waals surface area contributed by atoms with Crippen LogP contribution in [0.1, 0.15) is 84.6 Å². The zero-order valence-corrected chi connectivity index (χ0v) is 24.5. The molecule has 1 aromatic carbocycles. The van der Waals surface area contributed by atoms with Crippen LogP contribution >= 0.6 is 0 Å². The summed E-state index contributed by atoms with van der Waals surface area (Å²) in [6.45, 7) is 11.8. The molecule has 0 aliphatic heterocycles. The van der Waals surface area contributed by atoms with Gasteiger partial charge in [0.05, 0.1) is 11.1 Å². The Bertz CT molecular complexity index is 1220. The van der Waals surface area contributed by atoms with E-state index in [9.17, 15) is 24.6 Å². The lowest BCUT2D eigenvalue weighted by molar-refractivity contribution is -0.130. The number of phenols is 1. The van der Waals surface area contributed by atoms with Crippen LogP contribution in [-0.4, -0.2) is 58.6 Å². The molecule has 2 aliphatic rings. The molecule has 40 heavy (non-hydrogen) atoms. The molecule has 0 aromatic heterocycles. The summed E-state index contributed by atoms with van der Waals surface area (Å²) in [6.07, 6.45) is 12.9. The Hall–Kier alpha value is -3.61. The summed E-state index contributed by atoms with van der Waals surface area (Å²) in [6, 6.07) is 4.94. The van der Waals surface area contributed by atoms with Gasteiger partial charge in [0.15, 0.2) is 5.78 Å². The maximum Gasteiger partial charge on any atom is 0.238 e. The van der Waals surface area contributed by atoms with Gasteiger partial charge in [-0.25, -0.2) is 0 Å². The summed E-state index contributed by atoms with van der Waals surface area (Å²) in [5, 5.41) is 22.0. The Balaban J connectivity index is 1.96. The van der Waals surface area contributed by atoms with Crippen LogP contribution < -0.4 is 4.90 Å². The zero-order chi connectivity index (χ0) is 29.2. The zero-order valence-electron chi connectivity index (χ0n) is 24.5. The van der Waals surface area contributed by atoms with Crippen LogP contribution in [0.25, 0.3) is 5.57 Å². The van der Waals surface area contributed by atoms with E-state index < -0.39 is 23.1 Å². The van der Waals surface area contributed by atoms with Gasteiger partial charge in [-0.15, -0.1) is 0 Å². The second-order valence-corrected chi connectivity index (χ2v) is 10.5. The summed E-state index contributed by atoms with van der Waals surface area (Å²) in [4.78, 5) is 43.6. The van der Waals surface area contributed by atoms with Crippen LogP contribution in [0.5, 0.6) is 5.75 Å². The third-order valence-corrected chi connectivity index (χ3v) is 7.48. The van der Waals surface area contributed by atoms with Crippen molar-refractivity contribution in [2.24, 2.45) is 0 Å². The van der Waals surface area contributed by atoms with Crippen molar-refractivity contribution in [3.05, 3.63) is 64.6 Å². The summed E-state index contributed by atoms with van der Waals surface area (Å²) in [7, 11) is 0. The van der Waals surface area contributed by atoms with Crippen molar-refractivity contribution in [1.82, 2.24) is 4.90 Å². The fraction of sp³-hybridized carbons (Fsp3) is 0.485. The van der Waals surface area contributed by atoms with Crippen molar-refractivity contribution in [2.75, 3.05) is 31.1 Å². The number of nitrogens with zero attached hydrogens (tertiary/aromatic N) is 2. The molecule has 0 spiro atoms. The highest BCUT2D eigenvalue weighted by atomic mass is 16.3. The van der Waals surface area contributed by atoms with E-state index in [0.717, 1.165) is 88.9 Å². The first-order valence-electron chi connectivity index (χ1n) is 14.8. The smallest absolute Gasteiger partial charge is 0.238 e. The summed E-state index contributed by atoms with van der Waals surface area (Å²) >= 11 is 0. The number of hydrogen-bond acceptors (Lipinski definition) is 7. The van der Waals surface area contributed by atoms with E-state index >= 15 is 0 Å². The highest BCUT2D eigenvalue weighted by molar-refractivity contribution is 6.63. The number of anilines is 1. The number of allylic oxidation sites excluding steroid dienone is 6. The number of unbranched alkanes of at least 4 members (excludes halogenated alkanes) is 4. The molecule has 0 fully saturated rings. The number of phenolic OH excluding ortho intramolecular Hbond substituents is 1. The number of aliphatic hydroxyl groups excluding tert-OH is 1. The average Bonchev–Trinajstić information content (AvgIpc) is 3.16. The van der Waals surface area contributed by atoms with Crippen molar-refractivity contribution in [3.8, 4) is 5.75 Å². The molecule has 0 amide bonds. The molecule has 0 radical (unpaired) electrons. The summed E-state index contributed by atoms with van der Waals surface area (Å²) in [5.41, 5.74) is 1.07. The lowest BCUT2D eigenvalue weighted by Crippen LogP contribution is -2.27. The molecule has 0 saturated carbocycles. The molecule has 7 nitrogen and oxygen atoms in total. The van der Waals surface area contributed by atoms with Gasteiger partial charge in [0, 0.05) is 60.8 Å². The van der Waals surface area contributed by atoms with Crippen LogP contribution in [0.2, 0.25) is 0 Å². The monoisotopic (exact) mass is 548 g/mol. The first-order chi connectivity index (χ1) is 19.3. The predicted octanol–water partition coefficient (Wildman–Crippen LogP) is 6.44. The van der Waals surface area contributed by atoms with Gasteiger partial charge >= 0.3 is 0 Å². The van der Waals surface area contributed by atoms with Gasteiger partial charge in [-0.1, -0.05) is 53.4 Å². The molecule has 0 unspecified atom stereocenters. The van der Waals surface area contributed by atoms with Gasteiger partial charge in [-0.3, -0.25) is 14.4 Å². The second-order valence-electron chi connectivity index (χ2n) is 10.5. The van der Waals surface area contributed by atoms with Crippen molar-refractivity contribution in [1.29, 1.82) is 0 Å². The van der Waals surface area contributed by atoms with E-state index in [-0.39, 0.29) is 28.0 Å². The molecule has 2 N–H and O–H groups in total. The fourth-order valence-electron chi connectivity index (χ4n) is 5.05. The van der Waals surface area contributed by atoms with E-state index in [0.29, 0.717) is 0 Å². The van der Waals surface area contributed by atoms with Crippen molar-refractivity contribution < 1.29 is 24.6 Å². The third kappa shape index (κ3) is 6.93. The highest BCUT2D eigenvalue weighted by Crippen LogP contribution is 2.39. The van der Waals surface area contributed by atoms with Crippen LogP contribution in [-0.2, 0) is 14.4 Å². The lowest BCUT2D eigenvalue weighted by Gasteiger charge is -2.27. The van der Waals surface area contributed by atoms with Gasteiger partial charge in [-0.05, 0) is 50.0 Å². The summed E-state index contributed by atoms with van der Waals surface area (Å²) < 4.78 is 0. The van der Waals surface area contributed by atoms with Gasteiger partial charge in [0.25, 0.3) is 0 Å². The number of benzene rings is 1. The minimum atomic E-state index is -0.942. The maximum atomic E-state index is 13.2. The van der Waals surface area contributed by atoms with Crippen molar-refractivity contribution in [2.45, 2.75) is 79.1 Å². The number of ketones is 3.